The lowest BCUT2D eigenvalue weighted by Crippen LogP contribution is -2.38. The minimum Gasteiger partial charge on any atom is -0.493 e. The molecular weight excluding hydrogens is 490 g/mol. The quantitative estimate of drug-likeness (QED) is 0.470. The number of anilines is 2. The largest absolute Gasteiger partial charge is 0.493 e. The molecular formula is C31H37N5O3. The minimum atomic E-state index is 0.564. The third-order valence-electron chi connectivity index (χ3n) is 7.37. The number of hydrogen-bond donors (Lipinski definition) is 1. The van der Waals surface area contributed by atoms with E-state index in [0.717, 1.165) is 80.8 Å². The average molecular weight is 528 g/mol. The van der Waals surface area contributed by atoms with Crippen LogP contribution in [0.1, 0.15) is 24.8 Å². The van der Waals surface area contributed by atoms with E-state index in [1.54, 1.807) is 6.20 Å². The summed E-state index contributed by atoms with van der Waals surface area (Å²) in [6, 6.07) is 17.0. The third kappa shape index (κ3) is 7.15. The predicted octanol–water partition coefficient (Wildman–Crippen LogP) is 4.90. The number of morpholine rings is 1. The third-order valence-corrected chi connectivity index (χ3v) is 7.37. The Bertz CT molecular complexity index is 1270. The first-order valence-electron chi connectivity index (χ1n) is 14.1. The van der Waals surface area contributed by atoms with Crippen LogP contribution in [-0.4, -0.2) is 78.4 Å². The number of hydrogen-bond acceptors (Lipinski definition) is 8. The van der Waals surface area contributed by atoms with Crippen molar-refractivity contribution in [3.63, 3.8) is 0 Å². The maximum absolute atomic E-state index is 6.37. The lowest BCUT2D eigenvalue weighted by Gasteiger charge is -2.27. The first-order valence-corrected chi connectivity index (χ1v) is 14.1. The fourth-order valence-electron chi connectivity index (χ4n) is 5.06. The van der Waals surface area contributed by atoms with Gasteiger partial charge in [0.15, 0.2) is 0 Å². The molecule has 0 unspecified atom stereocenters. The predicted molar refractivity (Wildman–Crippen MR) is 153 cm³/mol. The van der Waals surface area contributed by atoms with Gasteiger partial charge in [0.1, 0.15) is 18.1 Å². The molecule has 1 saturated carbocycles. The molecule has 6 rings (SSSR count). The summed E-state index contributed by atoms with van der Waals surface area (Å²) in [7, 11) is 0. The number of nitrogens with one attached hydrogen (secondary N) is 1. The van der Waals surface area contributed by atoms with E-state index >= 15 is 0 Å². The molecule has 2 aliphatic heterocycles. The SMILES string of the molecule is C1=CCN(C2CC2)Cc2cc(ccc2OCCN2CCOCC2)Nc2nccc(n2)-c2cccc(c2)OCC1. The molecule has 39 heavy (non-hydrogen) atoms. The summed E-state index contributed by atoms with van der Waals surface area (Å²) >= 11 is 0. The average Bonchev–Trinajstić information content (AvgIpc) is 3.81. The fraction of sp³-hybridized carbons (Fsp3) is 0.419. The monoisotopic (exact) mass is 527 g/mol. The van der Waals surface area contributed by atoms with Crippen LogP contribution in [0.5, 0.6) is 11.5 Å². The molecule has 8 nitrogen and oxygen atoms in total. The molecule has 1 N–H and O–H groups in total. The first-order chi connectivity index (χ1) is 19.3. The van der Waals surface area contributed by atoms with Gasteiger partial charge < -0.3 is 19.5 Å². The Morgan fingerprint density at radius 1 is 1.00 bits per heavy atom. The van der Waals surface area contributed by atoms with Crippen LogP contribution in [0.25, 0.3) is 11.3 Å². The first kappa shape index (κ1) is 25.8. The Morgan fingerprint density at radius 3 is 2.82 bits per heavy atom. The van der Waals surface area contributed by atoms with E-state index in [-0.39, 0.29) is 0 Å². The molecule has 1 aromatic heterocycles. The van der Waals surface area contributed by atoms with E-state index in [0.29, 0.717) is 25.2 Å². The molecule has 1 aliphatic carbocycles. The summed E-state index contributed by atoms with van der Waals surface area (Å²) < 4.78 is 17.9. The van der Waals surface area contributed by atoms with E-state index in [9.17, 15) is 0 Å². The second-order valence-electron chi connectivity index (χ2n) is 10.3. The summed E-state index contributed by atoms with van der Waals surface area (Å²) in [5.41, 5.74) is 3.98. The van der Waals surface area contributed by atoms with Gasteiger partial charge in [0.05, 0.1) is 25.5 Å². The molecule has 8 heteroatoms. The molecule has 6 bridgehead atoms. The van der Waals surface area contributed by atoms with Crippen molar-refractivity contribution in [2.24, 2.45) is 0 Å². The molecule has 0 radical (unpaired) electrons. The van der Waals surface area contributed by atoms with E-state index in [1.165, 1.54) is 18.4 Å². The fourth-order valence-corrected chi connectivity index (χ4v) is 5.06. The van der Waals surface area contributed by atoms with Crippen LogP contribution in [0.2, 0.25) is 0 Å². The molecule has 0 atom stereocenters. The highest BCUT2D eigenvalue weighted by atomic mass is 16.5. The molecule has 1 saturated heterocycles. The van der Waals surface area contributed by atoms with E-state index in [4.69, 9.17) is 19.2 Å². The highest BCUT2D eigenvalue weighted by molar-refractivity contribution is 5.64. The zero-order chi connectivity index (χ0) is 26.3. The van der Waals surface area contributed by atoms with Gasteiger partial charge in [-0.05, 0) is 55.7 Å². The van der Waals surface area contributed by atoms with Crippen molar-refractivity contribution < 1.29 is 14.2 Å². The summed E-state index contributed by atoms with van der Waals surface area (Å²) in [6.45, 7) is 7.49. The lowest BCUT2D eigenvalue weighted by molar-refractivity contribution is 0.0321. The number of nitrogens with zero attached hydrogens (tertiary/aromatic N) is 4. The standard InChI is InChI=1S/C31H37N5O3/c1-2-13-36(27-8-9-27)23-25-21-26(7-10-30(25)39-20-16-35-14-18-37-19-15-35)33-31-32-12-11-29(34-31)24-5-4-6-28(22-24)38-17-3-1/h1-2,4-7,10-12,21-22,27H,3,8-9,13-20,23H2,(H,32,33,34). The van der Waals surface area contributed by atoms with Crippen molar-refractivity contribution in [3.05, 3.63) is 72.4 Å². The van der Waals surface area contributed by atoms with E-state index in [1.807, 2.05) is 30.3 Å². The number of fused-ring (bicyclic) bond motifs is 7. The van der Waals surface area contributed by atoms with E-state index < -0.39 is 0 Å². The van der Waals surface area contributed by atoms with Gasteiger partial charge in [0, 0.05) is 61.8 Å². The van der Waals surface area contributed by atoms with Crippen molar-refractivity contribution in [1.29, 1.82) is 0 Å². The van der Waals surface area contributed by atoms with Gasteiger partial charge in [-0.25, -0.2) is 9.97 Å². The molecule has 3 aromatic rings. The zero-order valence-corrected chi connectivity index (χ0v) is 22.4. The van der Waals surface area contributed by atoms with E-state index in [2.05, 4.69) is 50.5 Å². The van der Waals surface area contributed by atoms with Crippen molar-refractivity contribution in [2.45, 2.75) is 31.8 Å². The molecule has 2 aromatic carbocycles. The Balaban J connectivity index is 1.26. The summed E-state index contributed by atoms with van der Waals surface area (Å²) in [5.74, 6) is 2.36. The van der Waals surface area contributed by atoms with Crippen molar-refractivity contribution in [1.82, 2.24) is 19.8 Å². The normalized spacial score (nSPS) is 18.9. The topological polar surface area (TPSA) is 72.0 Å². The van der Waals surface area contributed by atoms with Crippen molar-refractivity contribution in [3.8, 4) is 22.8 Å². The van der Waals surface area contributed by atoms with Gasteiger partial charge in [-0.3, -0.25) is 9.80 Å². The van der Waals surface area contributed by atoms with Crippen LogP contribution in [0.4, 0.5) is 11.6 Å². The van der Waals surface area contributed by atoms with Crippen molar-refractivity contribution in [2.75, 3.05) is 57.9 Å². The number of benzene rings is 2. The van der Waals surface area contributed by atoms with Crippen LogP contribution in [0.3, 0.4) is 0 Å². The molecule has 2 fully saturated rings. The summed E-state index contributed by atoms with van der Waals surface area (Å²) in [5, 5.41) is 3.43. The Hall–Kier alpha value is -3.46. The van der Waals surface area contributed by atoms with Crippen molar-refractivity contribution >= 4 is 11.6 Å². The molecule has 0 amide bonds. The van der Waals surface area contributed by atoms with Crippen LogP contribution in [0, 0.1) is 0 Å². The second-order valence-corrected chi connectivity index (χ2v) is 10.3. The Labute approximate surface area is 230 Å². The molecule has 3 heterocycles. The number of aromatic nitrogens is 2. The maximum Gasteiger partial charge on any atom is 0.227 e. The van der Waals surface area contributed by atoms with Gasteiger partial charge in [-0.1, -0.05) is 24.3 Å². The lowest BCUT2D eigenvalue weighted by atomic mass is 10.1. The zero-order valence-electron chi connectivity index (χ0n) is 22.4. The smallest absolute Gasteiger partial charge is 0.227 e. The highest BCUT2D eigenvalue weighted by Crippen LogP contribution is 2.32. The number of rotatable bonds is 5. The van der Waals surface area contributed by atoms with Gasteiger partial charge in [0.25, 0.3) is 0 Å². The summed E-state index contributed by atoms with van der Waals surface area (Å²) in [6.07, 6.45) is 9.67. The van der Waals surface area contributed by atoms with Crippen LogP contribution < -0.4 is 14.8 Å². The Kier molecular flexibility index (Phi) is 8.33. The minimum absolute atomic E-state index is 0.564. The summed E-state index contributed by atoms with van der Waals surface area (Å²) in [4.78, 5) is 14.2. The van der Waals surface area contributed by atoms with Gasteiger partial charge in [-0.2, -0.15) is 0 Å². The Morgan fingerprint density at radius 2 is 1.92 bits per heavy atom. The van der Waals surface area contributed by atoms with Crippen LogP contribution >= 0.6 is 0 Å². The van der Waals surface area contributed by atoms with Crippen LogP contribution in [0.15, 0.2) is 66.9 Å². The number of ether oxygens (including phenoxy) is 3. The van der Waals surface area contributed by atoms with Gasteiger partial charge >= 0.3 is 0 Å². The molecule has 204 valence electrons. The van der Waals surface area contributed by atoms with Gasteiger partial charge in [-0.15, -0.1) is 0 Å². The molecule has 0 spiro atoms. The maximum atomic E-state index is 6.37. The molecule has 3 aliphatic rings. The van der Waals surface area contributed by atoms with Crippen LogP contribution in [-0.2, 0) is 11.3 Å². The second kappa shape index (κ2) is 12.6. The van der Waals surface area contributed by atoms with Gasteiger partial charge in [0.2, 0.25) is 5.95 Å². The highest BCUT2D eigenvalue weighted by Gasteiger charge is 2.29.